The van der Waals surface area contributed by atoms with Crippen molar-refractivity contribution in [1.29, 1.82) is 0 Å². The van der Waals surface area contributed by atoms with Gasteiger partial charge in [-0.25, -0.2) is 0 Å². The van der Waals surface area contributed by atoms with Crippen LogP contribution in [0.4, 0.5) is 0 Å². The van der Waals surface area contributed by atoms with E-state index in [-0.39, 0.29) is 5.92 Å². The molecule has 3 nitrogen and oxygen atoms in total. The molecular formula is C14H20N2OS. The second-order valence-corrected chi connectivity index (χ2v) is 5.28. The number of nitrogens with zero attached hydrogens (tertiary/aromatic N) is 1. The summed E-state index contributed by atoms with van der Waals surface area (Å²) in [5.74, 6) is 0.131. The zero-order valence-corrected chi connectivity index (χ0v) is 11.5. The fraction of sp³-hybridized carbons (Fsp3) is 0.500. The van der Waals surface area contributed by atoms with Crippen molar-refractivity contribution in [3.63, 3.8) is 0 Å². The Hall–Kier alpha value is -0.970. The molecule has 18 heavy (non-hydrogen) atoms. The second kappa shape index (κ2) is 6.27. The van der Waals surface area contributed by atoms with Crippen molar-refractivity contribution in [2.24, 2.45) is 5.73 Å². The van der Waals surface area contributed by atoms with E-state index in [1.165, 1.54) is 5.56 Å². The Labute approximate surface area is 114 Å². The zero-order valence-electron chi connectivity index (χ0n) is 10.7. The van der Waals surface area contributed by atoms with Crippen LogP contribution >= 0.6 is 12.2 Å². The molecule has 1 fully saturated rings. The molecule has 1 aliphatic rings. The van der Waals surface area contributed by atoms with E-state index < -0.39 is 0 Å². The van der Waals surface area contributed by atoms with Crippen LogP contribution in [0.5, 0.6) is 0 Å². The standard InChI is InChI=1S/C14H20N2OS/c1-11-9-16(7-8-17-11)10-13(14(15)18)12-5-3-2-4-6-12/h2-6,11,13H,7-10H2,1H3,(H2,15,18). The van der Waals surface area contributed by atoms with Gasteiger partial charge in [0.15, 0.2) is 0 Å². The van der Waals surface area contributed by atoms with Gasteiger partial charge < -0.3 is 10.5 Å². The van der Waals surface area contributed by atoms with Crippen LogP contribution in [-0.4, -0.2) is 42.2 Å². The van der Waals surface area contributed by atoms with Crippen LogP contribution in [0.3, 0.4) is 0 Å². The van der Waals surface area contributed by atoms with Crippen LogP contribution in [0.1, 0.15) is 18.4 Å². The van der Waals surface area contributed by atoms with Gasteiger partial charge in [-0.05, 0) is 12.5 Å². The van der Waals surface area contributed by atoms with Gasteiger partial charge in [0.25, 0.3) is 0 Å². The van der Waals surface area contributed by atoms with E-state index in [1.807, 2.05) is 18.2 Å². The number of hydrogen-bond acceptors (Lipinski definition) is 3. The SMILES string of the molecule is CC1CN(CC(C(N)=S)c2ccccc2)CCO1. The molecule has 0 saturated carbocycles. The van der Waals surface area contributed by atoms with Crippen LogP contribution in [-0.2, 0) is 4.74 Å². The molecule has 1 aromatic rings. The van der Waals surface area contributed by atoms with Crippen molar-refractivity contribution in [1.82, 2.24) is 4.90 Å². The average Bonchev–Trinajstić information content (AvgIpc) is 2.37. The molecule has 2 unspecified atom stereocenters. The highest BCUT2D eigenvalue weighted by atomic mass is 32.1. The number of thiocarbonyl (C=S) groups is 1. The first-order valence-electron chi connectivity index (χ1n) is 6.35. The van der Waals surface area contributed by atoms with E-state index in [0.717, 1.165) is 26.2 Å². The molecule has 1 saturated heterocycles. The van der Waals surface area contributed by atoms with Gasteiger partial charge in [-0.3, -0.25) is 4.90 Å². The summed E-state index contributed by atoms with van der Waals surface area (Å²) in [6.07, 6.45) is 0.293. The highest BCUT2D eigenvalue weighted by Crippen LogP contribution is 2.19. The summed E-state index contributed by atoms with van der Waals surface area (Å²) in [5.41, 5.74) is 7.09. The van der Waals surface area contributed by atoms with Crippen molar-refractivity contribution >= 4 is 17.2 Å². The Balaban J connectivity index is 2.05. The van der Waals surface area contributed by atoms with Crippen LogP contribution < -0.4 is 5.73 Å². The van der Waals surface area contributed by atoms with E-state index in [0.29, 0.717) is 11.1 Å². The predicted molar refractivity (Wildman–Crippen MR) is 77.8 cm³/mol. The van der Waals surface area contributed by atoms with Gasteiger partial charge in [-0.15, -0.1) is 0 Å². The van der Waals surface area contributed by atoms with Crippen LogP contribution in [0.15, 0.2) is 30.3 Å². The molecule has 2 rings (SSSR count). The highest BCUT2D eigenvalue weighted by Gasteiger charge is 2.22. The summed E-state index contributed by atoms with van der Waals surface area (Å²) in [4.78, 5) is 2.95. The maximum Gasteiger partial charge on any atom is 0.0816 e. The minimum Gasteiger partial charge on any atom is -0.393 e. The molecule has 0 radical (unpaired) electrons. The highest BCUT2D eigenvalue weighted by molar-refractivity contribution is 7.80. The zero-order chi connectivity index (χ0) is 13.0. The fourth-order valence-corrected chi connectivity index (χ4v) is 2.57. The molecule has 1 heterocycles. The molecule has 0 aliphatic carbocycles. The topological polar surface area (TPSA) is 38.5 Å². The molecule has 2 atom stereocenters. The summed E-state index contributed by atoms with van der Waals surface area (Å²) in [5, 5.41) is 0. The average molecular weight is 264 g/mol. The minimum absolute atomic E-state index is 0.131. The van der Waals surface area contributed by atoms with Gasteiger partial charge in [0.1, 0.15) is 0 Å². The Bertz CT molecular complexity index is 396. The molecule has 98 valence electrons. The molecule has 0 spiro atoms. The first-order chi connectivity index (χ1) is 8.66. The maximum atomic E-state index is 5.89. The van der Waals surface area contributed by atoms with Gasteiger partial charge in [0.05, 0.1) is 17.7 Å². The van der Waals surface area contributed by atoms with Crippen molar-refractivity contribution < 1.29 is 4.74 Å². The van der Waals surface area contributed by atoms with Crippen molar-refractivity contribution in [2.45, 2.75) is 18.9 Å². The quantitative estimate of drug-likeness (QED) is 0.841. The molecular weight excluding hydrogens is 244 g/mol. The van der Waals surface area contributed by atoms with Gasteiger partial charge in [0.2, 0.25) is 0 Å². The van der Waals surface area contributed by atoms with E-state index in [4.69, 9.17) is 22.7 Å². The molecule has 0 amide bonds. The van der Waals surface area contributed by atoms with E-state index in [9.17, 15) is 0 Å². The second-order valence-electron chi connectivity index (χ2n) is 4.81. The molecule has 1 aliphatic heterocycles. The van der Waals surface area contributed by atoms with E-state index in [1.54, 1.807) is 0 Å². The Morgan fingerprint density at radius 2 is 2.22 bits per heavy atom. The van der Waals surface area contributed by atoms with Gasteiger partial charge in [0, 0.05) is 25.6 Å². The number of morpholine rings is 1. The molecule has 2 N–H and O–H groups in total. The van der Waals surface area contributed by atoms with E-state index >= 15 is 0 Å². The normalized spacial score (nSPS) is 22.6. The number of hydrogen-bond donors (Lipinski definition) is 1. The molecule has 0 bridgehead atoms. The van der Waals surface area contributed by atoms with Crippen molar-refractivity contribution in [2.75, 3.05) is 26.2 Å². The summed E-state index contributed by atoms with van der Waals surface area (Å²) >= 11 is 5.22. The molecule has 1 aromatic carbocycles. The summed E-state index contributed by atoms with van der Waals surface area (Å²) in [6.45, 7) is 5.68. The Morgan fingerprint density at radius 1 is 1.50 bits per heavy atom. The van der Waals surface area contributed by atoms with Gasteiger partial charge >= 0.3 is 0 Å². The van der Waals surface area contributed by atoms with E-state index in [2.05, 4.69) is 24.0 Å². The lowest BCUT2D eigenvalue weighted by molar-refractivity contribution is -0.0184. The number of nitrogens with two attached hydrogens (primary N) is 1. The predicted octanol–water partition coefficient (Wildman–Crippen LogP) is 1.78. The summed E-state index contributed by atoms with van der Waals surface area (Å²) in [7, 11) is 0. The maximum absolute atomic E-state index is 5.89. The van der Waals surface area contributed by atoms with Crippen molar-refractivity contribution in [3.8, 4) is 0 Å². The smallest absolute Gasteiger partial charge is 0.0816 e. The third kappa shape index (κ3) is 3.51. The third-order valence-electron chi connectivity index (χ3n) is 3.31. The van der Waals surface area contributed by atoms with Crippen LogP contribution in [0, 0.1) is 0 Å². The lowest BCUT2D eigenvalue weighted by Gasteiger charge is -2.33. The molecule has 0 aromatic heterocycles. The van der Waals surface area contributed by atoms with Crippen LogP contribution in [0.2, 0.25) is 0 Å². The molecule has 4 heteroatoms. The number of rotatable bonds is 4. The lowest BCUT2D eigenvalue weighted by atomic mass is 9.98. The first kappa shape index (κ1) is 13.5. The summed E-state index contributed by atoms with van der Waals surface area (Å²) < 4.78 is 5.55. The van der Waals surface area contributed by atoms with Crippen LogP contribution in [0.25, 0.3) is 0 Å². The lowest BCUT2D eigenvalue weighted by Crippen LogP contribution is -2.44. The summed E-state index contributed by atoms with van der Waals surface area (Å²) in [6, 6.07) is 10.3. The number of ether oxygens (including phenoxy) is 1. The largest absolute Gasteiger partial charge is 0.393 e. The van der Waals surface area contributed by atoms with Crippen molar-refractivity contribution in [3.05, 3.63) is 35.9 Å². The van der Waals surface area contributed by atoms with Gasteiger partial charge in [-0.2, -0.15) is 0 Å². The minimum atomic E-state index is 0.131. The number of benzene rings is 1. The third-order valence-corrected chi connectivity index (χ3v) is 3.60. The monoisotopic (exact) mass is 264 g/mol. The Morgan fingerprint density at radius 3 is 2.83 bits per heavy atom. The van der Waals surface area contributed by atoms with Gasteiger partial charge in [-0.1, -0.05) is 42.5 Å². The first-order valence-corrected chi connectivity index (χ1v) is 6.76. The Kier molecular flexibility index (Phi) is 4.69. The fourth-order valence-electron chi connectivity index (χ4n) is 2.36.